The van der Waals surface area contributed by atoms with Gasteiger partial charge in [0.15, 0.2) is 5.82 Å². The third-order valence-corrected chi connectivity index (χ3v) is 3.09. The monoisotopic (exact) mass is 222 g/mol. The quantitative estimate of drug-likeness (QED) is 0.662. The lowest BCUT2D eigenvalue weighted by molar-refractivity contribution is 0.617. The van der Waals surface area contributed by atoms with Crippen molar-refractivity contribution in [1.82, 2.24) is 9.97 Å². The second-order valence-corrected chi connectivity index (χ2v) is 4.33. The molecule has 0 radical (unpaired) electrons. The molecule has 0 bridgehead atoms. The summed E-state index contributed by atoms with van der Waals surface area (Å²) in [6, 6.07) is 0.402. The lowest BCUT2D eigenvalue weighted by atomic mass is 10.1. The smallest absolute Gasteiger partial charge is 0.276 e. The van der Waals surface area contributed by atoms with Crippen molar-refractivity contribution >= 4 is 11.5 Å². The highest BCUT2D eigenvalue weighted by Crippen LogP contribution is 2.21. The number of anilines is 2. The molecule has 0 atom stereocenters. The first-order valence-electron chi connectivity index (χ1n) is 5.87. The molecule has 0 aromatic carbocycles. The molecule has 0 unspecified atom stereocenters. The molecule has 5 nitrogen and oxygen atoms in total. The molecule has 4 N–H and O–H groups in total. The summed E-state index contributed by atoms with van der Waals surface area (Å²) in [4.78, 5) is 17.8. The molecule has 1 aliphatic carbocycles. The van der Waals surface area contributed by atoms with Crippen molar-refractivity contribution < 1.29 is 0 Å². The molecule has 5 heteroatoms. The van der Waals surface area contributed by atoms with Gasteiger partial charge in [-0.1, -0.05) is 25.7 Å². The fourth-order valence-corrected chi connectivity index (χ4v) is 2.14. The van der Waals surface area contributed by atoms with Gasteiger partial charge in [-0.2, -0.15) is 0 Å². The van der Waals surface area contributed by atoms with Gasteiger partial charge < -0.3 is 16.0 Å². The number of nitrogens with two attached hydrogens (primary N) is 1. The topological polar surface area (TPSA) is 83.8 Å². The Kier molecular flexibility index (Phi) is 3.44. The van der Waals surface area contributed by atoms with E-state index in [0.717, 1.165) is 12.8 Å². The van der Waals surface area contributed by atoms with Crippen molar-refractivity contribution in [2.45, 2.75) is 44.6 Å². The van der Waals surface area contributed by atoms with Crippen LogP contribution in [-0.4, -0.2) is 16.0 Å². The first-order valence-corrected chi connectivity index (χ1v) is 5.87. The SMILES string of the molecule is Nc1c(NC2CCCCCC2)nc[nH]c1=O. The van der Waals surface area contributed by atoms with Crippen LogP contribution in [0.4, 0.5) is 11.5 Å². The van der Waals surface area contributed by atoms with Crippen molar-refractivity contribution in [3.63, 3.8) is 0 Å². The first-order chi connectivity index (χ1) is 7.77. The molecule has 2 rings (SSSR count). The highest BCUT2D eigenvalue weighted by Gasteiger charge is 2.14. The Labute approximate surface area is 94.5 Å². The molecule has 0 spiro atoms. The number of rotatable bonds is 2. The van der Waals surface area contributed by atoms with Gasteiger partial charge in [0.05, 0.1) is 6.33 Å². The molecule has 0 saturated heterocycles. The predicted octanol–water partition coefficient (Wildman–Crippen LogP) is 1.49. The summed E-state index contributed by atoms with van der Waals surface area (Å²) >= 11 is 0. The maximum absolute atomic E-state index is 11.3. The summed E-state index contributed by atoms with van der Waals surface area (Å²) < 4.78 is 0. The first kappa shape index (κ1) is 11.0. The number of hydrogen-bond donors (Lipinski definition) is 3. The van der Waals surface area contributed by atoms with E-state index >= 15 is 0 Å². The third-order valence-electron chi connectivity index (χ3n) is 3.09. The molecule has 0 aliphatic heterocycles. The standard InChI is InChI=1S/C11H18N4O/c12-9-10(13-7-14-11(9)16)15-8-5-3-1-2-4-6-8/h7-8H,1-6,12H2,(H2,13,14,15,16). The number of aromatic nitrogens is 2. The van der Waals surface area contributed by atoms with Crippen molar-refractivity contribution in [1.29, 1.82) is 0 Å². The van der Waals surface area contributed by atoms with Gasteiger partial charge in [-0.3, -0.25) is 4.79 Å². The fourth-order valence-electron chi connectivity index (χ4n) is 2.14. The molecule has 1 fully saturated rings. The van der Waals surface area contributed by atoms with Crippen molar-refractivity contribution in [3.8, 4) is 0 Å². The van der Waals surface area contributed by atoms with Crippen LogP contribution in [0.2, 0.25) is 0 Å². The molecule has 0 amide bonds. The van der Waals surface area contributed by atoms with E-state index in [-0.39, 0.29) is 11.2 Å². The van der Waals surface area contributed by atoms with E-state index in [1.54, 1.807) is 0 Å². The van der Waals surface area contributed by atoms with Gasteiger partial charge in [0, 0.05) is 6.04 Å². The highest BCUT2D eigenvalue weighted by molar-refractivity contribution is 5.59. The predicted molar refractivity (Wildman–Crippen MR) is 64.4 cm³/mol. The molecule has 1 aromatic heterocycles. The number of H-pyrrole nitrogens is 1. The van der Waals surface area contributed by atoms with Crippen LogP contribution in [0.5, 0.6) is 0 Å². The van der Waals surface area contributed by atoms with Crippen LogP contribution in [0.1, 0.15) is 38.5 Å². The minimum absolute atomic E-state index is 0.187. The van der Waals surface area contributed by atoms with Crippen LogP contribution in [0.15, 0.2) is 11.1 Å². The number of aromatic amines is 1. The molecule has 1 heterocycles. The van der Waals surface area contributed by atoms with Crippen molar-refractivity contribution in [2.24, 2.45) is 0 Å². The van der Waals surface area contributed by atoms with E-state index in [4.69, 9.17) is 5.73 Å². The number of nitrogen functional groups attached to an aromatic ring is 1. The zero-order valence-corrected chi connectivity index (χ0v) is 9.33. The van der Waals surface area contributed by atoms with Crippen molar-refractivity contribution in [2.75, 3.05) is 11.1 Å². The van der Waals surface area contributed by atoms with E-state index in [1.165, 1.54) is 32.0 Å². The molecule has 88 valence electrons. The van der Waals surface area contributed by atoms with Crippen LogP contribution in [-0.2, 0) is 0 Å². The van der Waals surface area contributed by atoms with Crippen LogP contribution in [0, 0.1) is 0 Å². The van der Waals surface area contributed by atoms with Gasteiger partial charge in [-0.05, 0) is 12.8 Å². The van der Waals surface area contributed by atoms with Gasteiger partial charge in [0.1, 0.15) is 5.69 Å². The average molecular weight is 222 g/mol. The van der Waals surface area contributed by atoms with Crippen LogP contribution in [0.25, 0.3) is 0 Å². The molecule has 1 saturated carbocycles. The summed E-state index contributed by atoms with van der Waals surface area (Å²) in [5.74, 6) is 0.524. The summed E-state index contributed by atoms with van der Waals surface area (Å²) in [7, 11) is 0. The fraction of sp³-hybridized carbons (Fsp3) is 0.636. The molecule has 1 aliphatic rings. The Morgan fingerprint density at radius 3 is 2.69 bits per heavy atom. The second kappa shape index (κ2) is 5.01. The molecule has 1 aromatic rings. The van der Waals surface area contributed by atoms with E-state index < -0.39 is 0 Å². The Hall–Kier alpha value is -1.52. The molecular weight excluding hydrogens is 204 g/mol. The van der Waals surface area contributed by atoms with Crippen LogP contribution in [0.3, 0.4) is 0 Å². The summed E-state index contributed by atoms with van der Waals surface area (Å²) in [5, 5.41) is 3.27. The van der Waals surface area contributed by atoms with E-state index in [9.17, 15) is 4.79 Å². The lowest BCUT2D eigenvalue weighted by Crippen LogP contribution is -2.23. The largest absolute Gasteiger partial charge is 0.391 e. The Bertz CT molecular complexity index is 393. The maximum Gasteiger partial charge on any atom is 0.276 e. The number of nitrogens with one attached hydrogen (secondary N) is 2. The summed E-state index contributed by atoms with van der Waals surface area (Å²) in [5.41, 5.74) is 5.58. The maximum atomic E-state index is 11.3. The van der Waals surface area contributed by atoms with E-state index in [2.05, 4.69) is 15.3 Å². The van der Waals surface area contributed by atoms with Crippen LogP contribution < -0.4 is 16.6 Å². The van der Waals surface area contributed by atoms with Gasteiger partial charge in [0.25, 0.3) is 5.56 Å². The van der Waals surface area contributed by atoms with Gasteiger partial charge in [-0.25, -0.2) is 4.98 Å². The van der Waals surface area contributed by atoms with Crippen molar-refractivity contribution in [3.05, 3.63) is 16.7 Å². The minimum Gasteiger partial charge on any atom is -0.391 e. The zero-order chi connectivity index (χ0) is 11.4. The normalized spacial score (nSPS) is 18.0. The zero-order valence-electron chi connectivity index (χ0n) is 9.33. The Morgan fingerprint density at radius 1 is 1.31 bits per heavy atom. The minimum atomic E-state index is -0.272. The second-order valence-electron chi connectivity index (χ2n) is 4.33. The van der Waals surface area contributed by atoms with Crippen LogP contribution >= 0.6 is 0 Å². The molecular formula is C11H18N4O. The summed E-state index contributed by atoms with van der Waals surface area (Å²) in [6.45, 7) is 0. The summed E-state index contributed by atoms with van der Waals surface area (Å²) in [6.07, 6.45) is 8.73. The molecule has 16 heavy (non-hydrogen) atoms. The van der Waals surface area contributed by atoms with Gasteiger partial charge in [0.2, 0.25) is 0 Å². The van der Waals surface area contributed by atoms with E-state index in [0.29, 0.717) is 11.9 Å². The lowest BCUT2D eigenvalue weighted by Gasteiger charge is -2.17. The number of nitrogens with zero attached hydrogens (tertiary/aromatic N) is 1. The van der Waals surface area contributed by atoms with Gasteiger partial charge >= 0.3 is 0 Å². The highest BCUT2D eigenvalue weighted by atomic mass is 16.1. The average Bonchev–Trinajstić information content (AvgIpc) is 2.53. The number of hydrogen-bond acceptors (Lipinski definition) is 4. The van der Waals surface area contributed by atoms with Gasteiger partial charge in [-0.15, -0.1) is 0 Å². The Balaban J connectivity index is 2.07. The van der Waals surface area contributed by atoms with E-state index in [1.807, 2.05) is 0 Å². The Morgan fingerprint density at radius 2 is 2.00 bits per heavy atom. The third kappa shape index (κ3) is 2.53.